The third kappa shape index (κ3) is 7.46. The molecule has 198 valence electrons. The molecule has 0 atom stereocenters. The minimum Gasteiger partial charge on any atom is -0.457 e. The summed E-state index contributed by atoms with van der Waals surface area (Å²) in [6.45, 7) is 2.88. The number of rotatable bonds is 10. The SMILES string of the molecule is O=C(NC1CCN(CC=CCC(c2ccccc2)c2ccccc2)CC1)c1ccccc1Oc1ccccc1. The Kier molecular flexibility index (Phi) is 9.22. The Morgan fingerprint density at radius 3 is 1.97 bits per heavy atom. The number of para-hydroxylation sites is 2. The van der Waals surface area contributed by atoms with Gasteiger partial charge in [0, 0.05) is 31.6 Å². The number of piperidine rings is 1. The van der Waals surface area contributed by atoms with Gasteiger partial charge in [0.15, 0.2) is 0 Å². The van der Waals surface area contributed by atoms with Crippen LogP contribution < -0.4 is 10.1 Å². The number of benzene rings is 4. The van der Waals surface area contributed by atoms with Crippen LogP contribution >= 0.6 is 0 Å². The number of nitrogens with one attached hydrogen (secondary N) is 1. The molecule has 1 aliphatic heterocycles. The molecule has 0 aliphatic carbocycles. The largest absolute Gasteiger partial charge is 0.457 e. The predicted molar refractivity (Wildman–Crippen MR) is 158 cm³/mol. The van der Waals surface area contributed by atoms with Gasteiger partial charge in [-0.2, -0.15) is 0 Å². The lowest BCUT2D eigenvalue weighted by atomic mass is 9.88. The summed E-state index contributed by atoms with van der Waals surface area (Å²) < 4.78 is 5.99. The fourth-order valence-corrected chi connectivity index (χ4v) is 5.17. The fourth-order valence-electron chi connectivity index (χ4n) is 5.17. The zero-order valence-corrected chi connectivity index (χ0v) is 22.3. The van der Waals surface area contributed by atoms with Crippen molar-refractivity contribution in [3.63, 3.8) is 0 Å². The minimum atomic E-state index is -0.0762. The van der Waals surface area contributed by atoms with Gasteiger partial charge in [0.25, 0.3) is 5.91 Å². The van der Waals surface area contributed by atoms with Crippen LogP contribution in [-0.4, -0.2) is 36.5 Å². The van der Waals surface area contributed by atoms with Gasteiger partial charge in [0.05, 0.1) is 5.56 Å². The van der Waals surface area contributed by atoms with Crippen molar-refractivity contribution in [2.75, 3.05) is 19.6 Å². The molecule has 4 aromatic carbocycles. The molecule has 1 N–H and O–H groups in total. The molecule has 4 heteroatoms. The zero-order valence-electron chi connectivity index (χ0n) is 22.3. The van der Waals surface area contributed by atoms with Gasteiger partial charge in [-0.15, -0.1) is 0 Å². The molecule has 0 radical (unpaired) electrons. The smallest absolute Gasteiger partial charge is 0.255 e. The summed E-state index contributed by atoms with van der Waals surface area (Å²) in [6.07, 6.45) is 7.48. The summed E-state index contributed by atoms with van der Waals surface area (Å²) in [5.74, 6) is 1.58. The van der Waals surface area contributed by atoms with Crippen molar-refractivity contribution < 1.29 is 9.53 Å². The molecular weight excluding hydrogens is 480 g/mol. The molecule has 5 rings (SSSR count). The minimum absolute atomic E-state index is 0.0762. The number of carbonyl (C=O) groups is 1. The lowest BCUT2D eigenvalue weighted by Gasteiger charge is -2.31. The van der Waals surface area contributed by atoms with E-state index in [0.29, 0.717) is 17.2 Å². The first kappa shape index (κ1) is 26.5. The topological polar surface area (TPSA) is 41.6 Å². The van der Waals surface area contributed by atoms with E-state index in [2.05, 4.69) is 83.0 Å². The van der Waals surface area contributed by atoms with Crippen LogP contribution in [0.4, 0.5) is 0 Å². The van der Waals surface area contributed by atoms with Crippen molar-refractivity contribution in [2.45, 2.75) is 31.2 Å². The molecule has 0 spiro atoms. The molecule has 1 fully saturated rings. The number of allylic oxidation sites excluding steroid dienone is 1. The van der Waals surface area contributed by atoms with Crippen LogP contribution in [0.5, 0.6) is 11.5 Å². The average Bonchev–Trinajstić information content (AvgIpc) is 3.00. The van der Waals surface area contributed by atoms with Gasteiger partial charge in [-0.25, -0.2) is 0 Å². The Balaban J connectivity index is 1.10. The summed E-state index contributed by atoms with van der Waals surface area (Å²) in [4.78, 5) is 15.6. The fraction of sp³-hybridized carbons (Fsp3) is 0.229. The quantitative estimate of drug-likeness (QED) is 0.223. The molecule has 1 heterocycles. The van der Waals surface area contributed by atoms with E-state index in [0.717, 1.165) is 44.6 Å². The molecule has 4 nitrogen and oxygen atoms in total. The second-order valence-electron chi connectivity index (χ2n) is 10.0. The van der Waals surface area contributed by atoms with E-state index in [1.54, 1.807) is 0 Å². The Labute approximate surface area is 232 Å². The number of amides is 1. The van der Waals surface area contributed by atoms with Gasteiger partial charge in [-0.05, 0) is 54.7 Å². The van der Waals surface area contributed by atoms with Crippen molar-refractivity contribution in [1.29, 1.82) is 0 Å². The first-order chi connectivity index (χ1) is 19.3. The van der Waals surface area contributed by atoms with Crippen LogP contribution in [0.15, 0.2) is 127 Å². The maximum absolute atomic E-state index is 13.1. The maximum Gasteiger partial charge on any atom is 0.255 e. The van der Waals surface area contributed by atoms with Crippen LogP contribution in [0, 0.1) is 0 Å². The number of ether oxygens (including phenoxy) is 1. The molecule has 1 aliphatic rings. The van der Waals surface area contributed by atoms with Gasteiger partial charge >= 0.3 is 0 Å². The van der Waals surface area contributed by atoms with Crippen LogP contribution in [0.25, 0.3) is 0 Å². The van der Waals surface area contributed by atoms with E-state index >= 15 is 0 Å². The number of hydrogen-bond acceptors (Lipinski definition) is 3. The van der Waals surface area contributed by atoms with Crippen LogP contribution in [0.2, 0.25) is 0 Å². The highest BCUT2D eigenvalue weighted by Crippen LogP contribution is 2.28. The molecule has 39 heavy (non-hydrogen) atoms. The monoisotopic (exact) mass is 516 g/mol. The number of carbonyl (C=O) groups excluding carboxylic acids is 1. The summed E-state index contributed by atoms with van der Waals surface area (Å²) in [6, 6.07) is 38.7. The van der Waals surface area contributed by atoms with Crippen molar-refractivity contribution in [1.82, 2.24) is 10.2 Å². The molecule has 1 amide bonds. The Morgan fingerprint density at radius 2 is 1.33 bits per heavy atom. The third-order valence-electron chi connectivity index (χ3n) is 7.33. The van der Waals surface area contributed by atoms with Crippen molar-refractivity contribution >= 4 is 5.91 Å². The summed E-state index contributed by atoms with van der Waals surface area (Å²) >= 11 is 0. The first-order valence-corrected chi connectivity index (χ1v) is 13.9. The highest BCUT2D eigenvalue weighted by Gasteiger charge is 2.22. The average molecular weight is 517 g/mol. The standard InChI is InChI=1S/C35H36N2O2/c38-35(33-21-10-11-22-34(33)39-31-18-8-3-9-19-31)36-30-23-26-37(27-24-30)25-13-12-20-32(28-14-4-1-5-15-28)29-16-6-2-7-17-29/h1-19,21-22,30,32H,20,23-27H2,(H,36,38). The summed E-state index contributed by atoms with van der Waals surface area (Å²) in [7, 11) is 0. The number of hydrogen-bond donors (Lipinski definition) is 1. The van der Waals surface area contributed by atoms with E-state index in [9.17, 15) is 4.79 Å². The molecule has 0 aromatic heterocycles. The second-order valence-corrected chi connectivity index (χ2v) is 10.0. The molecule has 4 aromatic rings. The van der Waals surface area contributed by atoms with E-state index < -0.39 is 0 Å². The van der Waals surface area contributed by atoms with Gasteiger partial charge < -0.3 is 10.1 Å². The molecule has 0 unspecified atom stereocenters. The van der Waals surface area contributed by atoms with Gasteiger partial charge in [0.1, 0.15) is 11.5 Å². The molecule has 0 bridgehead atoms. The lowest BCUT2D eigenvalue weighted by Crippen LogP contribution is -2.44. The van der Waals surface area contributed by atoms with Gasteiger partial charge in [0.2, 0.25) is 0 Å². The van der Waals surface area contributed by atoms with Crippen LogP contribution in [0.1, 0.15) is 46.7 Å². The predicted octanol–water partition coefficient (Wildman–Crippen LogP) is 7.45. The molecule has 0 saturated carbocycles. The first-order valence-electron chi connectivity index (χ1n) is 13.9. The summed E-state index contributed by atoms with van der Waals surface area (Å²) in [5.41, 5.74) is 3.26. The van der Waals surface area contributed by atoms with Crippen molar-refractivity contribution in [3.05, 3.63) is 144 Å². The maximum atomic E-state index is 13.1. The molecule has 1 saturated heterocycles. The Morgan fingerprint density at radius 1 is 0.769 bits per heavy atom. The highest BCUT2D eigenvalue weighted by molar-refractivity contribution is 5.97. The molecular formula is C35H36N2O2. The van der Waals surface area contributed by atoms with Gasteiger partial charge in [-0.1, -0.05) is 103 Å². The highest BCUT2D eigenvalue weighted by atomic mass is 16.5. The number of nitrogens with zero attached hydrogens (tertiary/aromatic N) is 1. The van der Waals surface area contributed by atoms with E-state index in [1.807, 2.05) is 54.6 Å². The van der Waals surface area contributed by atoms with Gasteiger partial charge in [-0.3, -0.25) is 9.69 Å². The van der Waals surface area contributed by atoms with Crippen molar-refractivity contribution in [2.24, 2.45) is 0 Å². The number of likely N-dealkylation sites (tertiary alicyclic amines) is 1. The normalized spacial score (nSPS) is 14.5. The van der Waals surface area contributed by atoms with Crippen LogP contribution in [-0.2, 0) is 0 Å². The lowest BCUT2D eigenvalue weighted by molar-refractivity contribution is 0.0911. The zero-order chi connectivity index (χ0) is 26.7. The second kappa shape index (κ2) is 13.6. The van der Waals surface area contributed by atoms with E-state index in [1.165, 1.54) is 11.1 Å². The Hall–Kier alpha value is -4.15. The van der Waals surface area contributed by atoms with E-state index in [-0.39, 0.29) is 11.9 Å². The summed E-state index contributed by atoms with van der Waals surface area (Å²) in [5, 5.41) is 3.24. The third-order valence-corrected chi connectivity index (χ3v) is 7.33. The van der Waals surface area contributed by atoms with Crippen LogP contribution in [0.3, 0.4) is 0 Å². The van der Waals surface area contributed by atoms with Crippen molar-refractivity contribution in [3.8, 4) is 11.5 Å². The van der Waals surface area contributed by atoms with E-state index in [4.69, 9.17) is 4.74 Å². The Bertz CT molecular complexity index is 1290.